The number of sulfonamides is 1. The molecule has 1 saturated heterocycles. The smallest absolute Gasteiger partial charge is 0.248 e. The Hall–Kier alpha value is -2.10. The van der Waals surface area contributed by atoms with Crippen molar-refractivity contribution in [1.82, 2.24) is 14.4 Å². The Morgan fingerprint density at radius 1 is 1.26 bits per heavy atom. The first-order valence-corrected chi connectivity index (χ1v) is 12.1. The molecule has 2 heterocycles. The van der Waals surface area contributed by atoms with E-state index in [0.717, 1.165) is 5.75 Å². The lowest BCUT2D eigenvalue weighted by Gasteiger charge is -2.32. The van der Waals surface area contributed by atoms with Crippen LogP contribution in [0.4, 0.5) is 0 Å². The molecular weight excluding hydrogens is 442 g/mol. The summed E-state index contributed by atoms with van der Waals surface area (Å²) in [6, 6.07) is 7.15. The van der Waals surface area contributed by atoms with Crippen molar-refractivity contribution in [3.8, 4) is 5.75 Å². The van der Waals surface area contributed by atoms with Crippen molar-refractivity contribution in [2.45, 2.75) is 38.0 Å². The van der Waals surface area contributed by atoms with Crippen LogP contribution in [0.3, 0.4) is 0 Å². The summed E-state index contributed by atoms with van der Waals surface area (Å²) < 4.78 is 37.9. The lowest BCUT2D eigenvalue weighted by Crippen LogP contribution is -2.43. The molecule has 170 valence electrons. The molecule has 3 rings (SSSR count). The van der Waals surface area contributed by atoms with E-state index in [0.29, 0.717) is 56.2 Å². The maximum atomic E-state index is 12.9. The molecule has 0 N–H and O–H groups in total. The molecule has 8 nitrogen and oxygen atoms in total. The van der Waals surface area contributed by atoms with Crippen molar-refractivity contribution in [1.29, 1.82) is 0 Å². The highest BCUT2D eigenvalue weighted by Crippen LogP contribution is 2.28. The van der Waals surface area contributed by atoms with Crippen LogP contribution >= 0.6 is 11.6 Å². The molecule has 1 amide bonds. The maximum Gasteiger partial charge on any atom is 0.248 e. The van der Waals surface area contributed by atoms with E-state index in [4.69, 9.17) is 20.9 Å². The van der Waals surface area contributed by atoms with Gasteiger partial charge in [0.2, 0.25) is 15.9 Å². The van der Waals surface area contributed by atoms with E-state index in [9.17, 15) is 13.2 Å². The fourth-order valence-electron chi connectivity index (χ4n) is 3.76. The van der Waals surface area contributed by atoms with Gasteiger partial charge in [-0.05, 0) is 57.4 Å². The van der Waals surface area contributed by atoms with Gasteiger partial charge in [-0.15, -0.1) is 0 Å². The number of aromatic nitrogens is 1. The normalized spacial score (nSPS) is 15.7. The number of benzene rings is 1. The molecule has 0 radical (unpaired) electrons. The Morgan fingerprint density at radius 3 is 2.48 bits per heavy atom. The molecule has 0 spiro atoms. The van der Waals surface area contributed by atoms with Gasteiger partial charge in [0.25, 0.3) is 0 Å². The highest BCUT2D eigenvalue weighted by Gasteiger charge is 2.36. The van der Waals surface area contributed by atoms with Crippen LogP contribution in [0.1, 0.15) is 30.7 Å². The van der Waals surface area contributed by atoms with Gasteiger partial charge in [-0.25, -0.2) is 8.42 Å². The van der Waals surface area contributed by atoms with E-state index >= 15 is 0 Å². The van der Waals surface area contributed by atoms with Crippen molar-refractivity contribution in [3.63, 3.8) is 0 Å². The summed E-state index contributed by atoms with van der Waals surface area (Å²) in [5, 5.41) is 4.40. The Morgan fingerprint density at radius 2 is 1.90 bits per heavy atom. The van der Waals surface area contributed by atoms with E-state index in [1.54, 1.807) is 37.9 Å². The molecule has 2 aromatic rings. The SMILES string of the molecule is Cc1noc(C)c1S(=O)(=O)N1CCC(C(=O)N(C)CCCOc2ccc(Cl)cc2)CC1. The second kappa shape index (κ2) is 10.0. The molecule has 0 atom stereocenters. The minimum atomic E-state index is -3.67. The third-order valence-corrected chi connectivity index (χ3v) is 7.86. The molecule has 1 aromatic carbocycles. The van der Waals surface area contributed by atoms with E-state index in [-0.39, 0.29) is 22.5 Å². The average molecular weight is 470 g/mol. The van der Waals surface area contributed by atoms with Crippen LogP contribution in [0.2, 0.25) is 5.02 Å². The number of aryl methyl sites for hydroxylation is 2. The monoisotopic (exact) mass is 469 g/mol. The van der Waals surface area contributed by atoms with E-state index in [1.165, 1.54) is 4.31 Å². The number of piperidine rings is 1. The van der Waals surface area contributed by atoms with Crippen molar-refractivity contribution in [2.24, 2.45) is 5.92 Å². The van der Waals surface area contributed by atoms with Crippen molar-refractivity contribution < 1.29 is 22.5 Å². The number of halogens is 1. The quantitative estimate of drug-likeness (QED) is 0.551. The fraction of sp³-hybridized carbons (Fsp3) is 0.524. The largest absolute Gasteiger partial charge is 0.494 e. The minimum absolute atomic E-state index is 0.0425. The second-order valence-electron chi connectivity index (χ2n) is 7.75. The number of hydrogen-bond acceptors (Lipinski definition) is 6. The van der Waals surface area contributed by atoms with Gasteiger partial charge in [0, 0.05) is 37.6 Å². The summed E-state index contributed by atoms with van der Waals surface area (Å²) in [6.45, 7) is 4.88. The van der Waals surface area contributed by atoms with E-state index in [2.05, 4.69) is 5.16 Å². The van der Waals surface area contributed by atoms with Gasteiger partial charge < -0.3 is 14.2 Å². The maximum absolute atomic E-state index is 12.9. The van der Waals surface area contributed by atoms with Gasteiger partial charge in [0.1, 0.15) is 16.3 Å². The molecule has 0 unspecified atom stereocenters. The first kappa shape index (κ1) is 23.6. The van der Waals surface area contributed by atoms with Crippen LogP contribution in [0.15, 0.2) is 33.7 Å². The number of amides is 1. The zero-order valence-corrected chi connectivity index (χ0v) is 19.6. The molecule has 0 aliphatic carbocycles. The zero-order valence-electron chi connectivity index (χ0n) is 18.0. The summed E-state index contributed by atoms with van der Waals surface area (Å²) in [5.74, 6) is 0.890. The predicted octanol–water partition coefficient (Wildman–Crippen LogP) is 3.27. The van der Waals surface area contributed by atoms with Crippen molar-refractivity contribution >= 4 is 27.5 Å². The summed E-state index contributed by atoms with van der Waals surface area (Å²) in [7, 11) is -1.89. The number of rotatable bonds is 8. The number of carbonyl (C=O) groups excluding carboxylic acids is 1. The number of nitrogens with zero attached hydrogens (tertiary/aromatic N) is 3. The lowest BCUT2D eigenvalue weighted by atomic mass is 9.96. The molecule has 31 heavy (non-hydrogen) atoms. The van der Waals surface area contributed by atoms with Gasteiger partial charge in [-0.2, -0.15) is 4.31 Å². The second-order valence-corrected chi connectivity index (χ2v) is 10.1. The summed E-state index contributed by atoms with van der Waals surface area (Å²) in [4.78, 5) is 14.6. The molecule has 1 aliphatic heterocycles. The number of carbonyl (C=O) groups is 1. The zero-order chi connectivity index (χ0) is 22.6. The molecule has 10 heteroatoms. The van der Waals surface area contributed by atoms with Gasteiger partial charge in [0.15, 0.2) is 5.76 Å². The highest BCUT2D eigenvalue weighted by atomic mass is 35.5. The van der Waals surface area contributed by atoms with E-state index in [1.807, 2.05) is 12.1 Å². The lowest BCUT2D eigenvalue weighted by molar-refractivity contribution is -0.135. The molecular formula is C21H28ClN3O5S. The van der Waals surface area contributed by atoms with Crippen LogP contribution < -0.4 is 4.74 Å². The van der Waals surface area contributed by atoms with Crippen LogP contribution in [0.5, 0.6) is 5.75 Å². The Kier molecular flexibility index (Phi) is 7.61. The standard InChI is InChI=1S/C21H28ClN3O5S/c1-15-20(16(2)30-23-15)31(27,28)25-12-9-17(10-13-25)21(26)24(3)11-4-14-29-19-7-5-18(22)6-8-19/h5-8,17H,4,9-14H2,1-3H3. The molecule has 1 aliphatic rings. The van der Waals surface area contributed by atoms with Crippen LogP contribution in [0, 0.1) is 19.8 Å². The summed E-state index contributed by atoms with van der Waals surface area (Å²) >= 11 is 5.85. The van der Waals surface area contributed by atoms with Gasteiger partial charge in [-0.3, -0.25) is 4.79 Å². The van der Waals surface area contributed by atoms with Gasteiger partial charge >= 0.3 is 0 Å². The fourth-order valence-corrected chi connectivity index (χ4v) is 5.65. The van der Waals surface area contributed by atoms with Crippen molar-refractivity contribution in [3.05, 3.63) is 40.7 Å². The van der Waals surface area contributed by atoms with Gasteiger partial charge in [0.05, 0.1) is 6.61 Å². The summed E-state index contributed by atoms with van der Waals surface area (Å²) in [6.07, 6.45) is 1.68. The van der Waals surface area contributed by atoms with Crippen LogP contribution in [-0.2, 0) is 14.8 Å². The third kappa shape index (κ3) is 5.58. The third-order valence-electron chi connectivity index (χ3n) is 5.47. The molecule has 0 saturated carbocycles. The average Bonchev–Trinajstić information content (AvgIpc) is 3.10. The highest BCUT2D eigenvalue weighted by molar-refractivity contribution is 7.89. The topological polar surface area (TPSA) is 93.0 Å². The van der Waals surface area contributed by atoms with Crippen LogP contribution in [0.25, 0.3) is 0 Å². The minimum Gasteiger partial charge on any atom is -0.494 e. The first-order chi connectivity index (χ1) is 14.7. The van der Waals surface area contributed by atoms with E-state index < -0.39 is 10.0 Å². The first-order valence-electron chi connectivity index (χ1n) is 10.3. The Balaban J connectivity index is 1.45. The van der Waals surface area contributed by atoms with Gasteiger partial charge in [-0.1, -0.05) is 16.8 Å². The van der Waals surface area contributed by atoms with Crippen LogP contribution in [-0.4, -0.2) is 62.0 Å². The molecule has 0 bridgehead atoms. The number of hydrogen-bond donors (Lipinski definition) is 0. The Labute approximate surface area is 188 Å². The molecule has 1 aromatic heterocycles. The summed E-state index contributed by atoms with van der Waals surface area (Å²) in [5.41, 5.74) is 0.358. The predicted molar refractivity (Wildman–Crippen MR) is 117 cm³/mol. The molecule has 1 fully saturated rings. The van der Waals surface area contributed by atoms with Crippen molar-refractivity contribution in [2.75, 3.05) is 33.3 Å². The Bertz CT molecular complexity index is 979. The number of ether oxygens (including phenoxy) is 1.